The molecular formula is C11H16ClN3O. The van der Waals surface area contributed by atoms with Gasteiger partial charge in [0, 0.05) is 26.0 Å². The van der Waals surface area contributed by atoms with E-state index in [1.807, 2.05) is 0 Å². The van der Waals surface area contributed by atoms with Gasteiger partial charge >= 0.3 is 0 Å². The number of piperidine rings is 1. The number of halogens is 1. The Morgan fingerprint density at radius 2 is 2.25 bits per heavy atom. The highest BCUT2D eigenvalue weighted by Crippen LogP contribution is 2.27. The van der Waals surface area contributed by atoms with Crippen molar-refractivity contribution in [3.05, 3.63) is 17.5 Å². The third-order valence-corrected chi connectivity index (χ3v) is 3.16. The summed E-state index contributed by atoms with van der Waals surface area (Å²) in [5.74, 6) is 0.783. The standard InChI is InChI=1S/C11H16ClN3O/c1-16-8-9-4-2-3-7-15(9)11-10(12)13-5-6-14-11/h5-6,9H,2-4,7-8H2,1H3/t9-/m0/s1. The number of anilines is 1. The molecule has 0 spiro atoms. The largest absolute Gasteiger partial charge is 0.383 e. The third kappa shape index (κ3) is 2.44. The minimum Gasteiger partial charge on any atom is -0.383 e. The highest BCUT2D eigenvalue weighted by atomic mass is 35.5. The molecule has 0 radical (unpaired) electrons. The van der Waals surface area contributed by atoms with Crippen molar-refractivity contribution >= 4 is 17.4 Å². The summed E-state index contributed by atoms with van der Waals surface area (Å²) in [6.45, 7) is 1.69. The molecule has 1 atom stereocenters. The van der Waals surface area contributed by atoms with Crippen molar-refractivity contribution in [1.82, 2.24) is 9.97 Å². The van der Waals surface area contributed by atoms with Crippen LogP contribution in [0, 0.1) is 0 Å². The van der Waals surface area contributed by atoms with Gasteiger partial charge in [0.05, 0.1) is 12.6 Å². The van der Waals surface area contributed by atoms with Gasteiger partial charge in [-0.25, -0.2) is 9.97 Å². The van der Waals surface area contributed by atoms with Gasteiger partial charge in [-0.15, -0.1) is 0 Å². The van der Waals surface area contributed by atoms with Crippen molar-refractivity contribution in [2.75, 3.05) is 25.2 Å². The summed E-state index contributed by atoms with van der Waals surface area (Å²) in [5, 5.41) is 0.477. The fraction of sp³-hybridized carbons (Fsp3) is 0.636. The number of hydrogen-bond donors (Lipinski definition) is 0. The zero-order valence-electron chi connectivity index (χ0n) is 9.40. The molecule has 1 aliphatic heterocycles. The van der Waals surface area contributed by atoms with E-state index >= 15 is 0 Å². The van der Waals surface area contributed by atoms with E-state index in [0.29, 0.717) is 17.8 Å². The molecule has 1 aromatic rings. The molecule has 0 bridgehead atoms. The van der Waals surface area contributed by atoms with Gasteiger partial charge in [-0.2, -0.15) is 0 Å². The molecule has 16 heavy (non-hydrogen) atoms. The lowest BCUT2D eigenvalue weighted by molar-refractivity contribution is 0.166. The zero-order chi connectivity index (χ0) is 11.4. The Bertz CT molecular complexity index is 346. The lowest BCUT2D eigenvalue weighted by atomic mass is 10.0. The maximum atomic E-state index is 6.07. The molecule has 5 heteroatoms. The Hall–Kier alpha value is -0.870. The second-order valence-corrected chi connectivity index (χ2v) is 4.33. The van der Waals surface area contributed by atoms with Crippen molar-refractivity contribution in [3.63, 3.8) is 0 Å². The van der Waals surface area contributed by atoms with E-state index in [2.05, 4.69) is 14.9 Å². The SMILES string of the molecule is COC[C@@H]1CCCCN1c1nccnc1Cl. The molecular weight excluding hydrogens is 226 g/mol. The molecule has 0 saturated carbocycles. The molecule has 2 heterocycles. The molecule has 88 valence electrons. The van der Waals surface area contributed by atoms with E-state index in [4.69, 9.17) is 16.3 Å². The molecule has 0 aromatic carbocycles. The smallest absolute Gasteiger partial charge is 0.171 e. The van der Waals surface area contributed by atoms with Crippen LogP contribution in [0.25, 0.3) is 0 Å². The molecule has 1 aliphatic rings. The molecule has 1 fully saturated rings. The molecule has 0 amide bonds. The van der Waals surface area contributed by atoms with Gasteiger partial charge in [0.2, 0.25) is 0 Å². The maximum Gasteiger partial charge on any atom is 0.171 e. The van der Waals surface area contributed by atoms with Crippen LogP contribution in [-0.2, 0) is 4.74 Å². The van der Waals surface area contributed by atoms with E-state index in [1.54, 1.807) is 19.5 Å². The van der Waals surface area contributed by atoms with E-state index < -0.39 is 0 Å². The highest BCUT2D eigenvalue weighted by molar-refractivity contribution is 6.31. The fourth-order valence-electron chi connectivity index (χ4n) is 2.15. The van der Waals surface area contributed by atoms with Gasteiger partial charge in [0.25, 0.3) is 0 Å². The summed E-state index contributed by atoms with van der Waals surface area (Å²) in [6, 6.07) is 0.368. The lowest BCUT2D eigenvalue weighted by Crippen LogP contribution is -2.43. The molecule has 0 aliphatic carbocycles. The molecule has 0 unspecified atom stereocenters. The Kier molecular flexibility index (Phi) is 3.96. The van der Waals surface area contributed by atoms with Gasteiger partial charge in [-0.05, 0) is 19.3 Å². The molecule has 4 nitrogen and oxygen atoms in total. The normalized spacial score (nSPS) is 21.1. The number of methoxy groups -OCH3 is 1. The molecule has 1 saturated heterocycles. The molecule has 0 N–H and O–H groups in total. The quantitative estimate of drug-likeness (QED) is 0.813. The summed E-state index contributed by atoms with van der Waals surface area (Å²) in [6.07, 6.45) is 6.83. The van der Waals surface area contributed by atoms with Gasteiger partial charge in [0.1, 0.15) is 0 Å². The molecule has 2 rings (SSSR count). The van der Waals surface area contributed by atoms with Crippen molar-refractivity contribution in [2.45, 2.75) is 25.3 Å². The summed E-state index contributed by atoms with van der Waals surface area (Å²) in [4.78, 5) is 10.6. The van der Waals surface area contributed by atoms with Crippen LogP contribution >= 0.6 is 11.6 Å². The first-order chi connectivity index (χ1) is 7.83. The minimum absolute atomic E-state index is 0.368. The Balaban J connectivity index is 2.19. The Morgan fingerprint density at radius 3 is 3.00 bits per heavy atom. The van der Waals surface area contributed by atoms with Crippen molar-refractivity contribution in [3.8, 4) is 0 Å². The van der Waals surface area contributed by atoms with Gasteiger partial charge in [-0.1, -0.05) is 11.6 Å². The van der Waals surface area contributed by atoms with E-state index in [1.165, 1.54) is 12.8 Å². The van der Waals surface area contributed by atoms with Crippen LogP contribution in [0.4, 0.5) is 5.82 Å². The molecule has 1 aromatic heterocycles. The number of hydrogen-bond acceptors (Lipinski definition) is 4. The van der Waals surface area contributed by atoms with Crippen LogP contribution in [0.2, 0.25) is 5.15 Å². The third-order valence-electron chi connectivity index (χ3n) is 2.89. The van der Waals surface area contributed by atoms with Crippen molar-refractivity contribution in [1.29, 1.82) is 0 Å². The van der Waals surface area contributed by atoms with Crippen LogP contribution in [0.15, 0.2) is 12.4 Å². The number of nitrogens with zero attached hydrogens (tertiary/aromatic N) is 3. The van der Waals surface area contributed by atoms with Crippen LogP contribution < -0.4 is 4.90 Å². The van der Waals surface area contributed by atoms with Crippen LogP contribution in [0.5, 0.6) is 0 Å². The van der Waals surface area contributed by atoms with Gasteiger partial charge in [0.15, 0.2) is 11.0 Å². The predicted molar refractivity (Wildman–Crippen MR) is 63.9 cm³/mol. The Labute approximate surface area is 101 Å². The van der Waals surface area contributed by atoms with Gasteiger partial charge < -0.3 is 9.64 Å². The van der Waals surface area contributed by atoms with Gasteiger partial charge in [-0.3, -0.25) is 0 Å². The number of aromatic nitrogens is 2. The first kappa shape index (κ1) is 11.6. The number of rotatable bonds is 3. The lowest BCUT2D eigenvalue weighted by Gasteiger charge is -2.36. The second kappa shape index (κ2) is 5.46. The van der Waals surface area contributed by atoms with Crippen LogP contribution in [-0.4, -0.2) is 36.3 Å². The Morgan fingerprint density at radius 1 is 1.44 bits per heavy atom. The van der Waals surface area contributed by atoms with E-state index in [-0.39, 0.29) is 0 Å². The topological polar surface area (TPSA) is 38.2 Å². The number of ether oxygens (including phenoxy) is 1. The average molecular weight is 242 g/mol. The first-order valence-electron chi connectivity index (χ1n) is 5.55. The van der Waals surface area contributed by atoms with Crippen molar-refractivity contribution in [2.24, 2.45) is 0 Å². The summed E-state index contributed by atoms with van der Waals surface area (Å²) in [5.41, 5.74) is 0. The summed E-state index contributed by atoms with van der Waals surface area (Å²) in [7, 11) is 1.73. The average Bonchev–Trinajstić information content (AvgIpc) is 2.31. The minimum atomic E-state index is 0.368. The van der Waals surface area contributed by atoms with Crippen LogP contribution in [0.3, 0.4) is 0 Å². The van der Waals surface area contributed by atoms with Crippen LogP contribution in [0.1, 0.15) is 19.3 Å². The maximum absolute atomic E-state index is 6.07. The second-order valence-electron chi connectivity index (χ2n) is 3.97. The fourth-order valence-corrected chi connectivity index (χ4v) is 2.37. The van der Waals surface area contributed by atoms with E-state index in [0.717, 1.165) is 18.8 Å². The zero-order valence-corrected chi connectivity index (χ0v) is 10.2. The summed E-state index contributed by atoms with van der Waals surface area (Å²) < 4.78 is 5.24. The predicted octanol–water partition coefficient (Wildman–Crippen LogP) is 2.14. The first-order valence-corrected chi connectivity index (χ1v) is 5.93. The monoisotopic (exact) mass is 241 g/mol. The van der Waals surface area contributed by atoms with E-state index in [9.17, 15) is 0 Å². The van der Waals surface area contributed by atoms with Crippen molar-refractivity contribution < 1.29 is 4.74 Å². The highest BCUT2D eigenvalue weighted by Gasteiger charge is 2.25. The summed E-state index contributed by atoms with van der Waals surface area (Å²) >= 11 is 6.07.